The molecule has 0 radical (unpaired) electrons. The summed E-state index contributed by atoms with van der Waals surface area (Å²) < 4.78 is 11.1. The van der Waals surface area contributed by atoms with E-state index in [1.807, 2.05) is 0 Å². The van der Waals surface area contributed by atoms with Crippen LogP contribution < -0.4 is 5.32 Å². The van der Waals surface area contributed by atoms with Crippen molar-refractivity contribution in [1.82, 2.24) is 5.32 Å². The number of hydrogen-bond donors (Lipinski definition) is 8. The monoisotopic (exact) mass is 968 g/mol. The molecule has 1 aliphatic rings. The summed E-state index contributed by atoms with van der Waals surface area (Å²) in [6.45, 7) is 3.45. The van der Waals surface area contributed by atoms with E-state index in [4.69, 9.17) is 9.47 Å². The van der Waals surface area contributed by atoms with Gasteiger partial charge in [-0.1, -0.05) is 224 Å². The molecule has 11 heteroatoms. The highest BCUT2D eigenvalue weighted by molar-refractivity contribution is 5.80. The lowest BCUT2D eigenvalue weighted by atomic mass is 9.98. The number of amides is 1. The van der Waals surface area contributed by atoms with Crippen molar-refractivity contribution < 1.29 is 50.0 Å². The van der Waals surface area contributed by atoms with Gasteiger partial charge in [0.15, 0.2) is 6.29 Å². The number of carbonyl (C=O) groups excluding carboxylic acids is 1. The Kier molecular flexibility index (Phi) is 44.3. The first kappa shape index (κ1) is 64.6. The van der Waals surface area contributed by atoms with Crippen LogP contribution in [0.3, 0.4) is 0 Å². The lowest BCUT2D eigenvalue weighted by molar-refractivity contribution is -0.303. The van der Waals surface area contributed by atoms with E-state index in [0.717, 1.165) is 38.5 Å². The highest BCUT2D eigenvalue weighted by Gasteiger charge is 2.44. The fraction of sp³-hybridized carbons (Fsp3) is 0.912. The summed E-state index contributed by atoms with van der Waals surface area (Å²) in [7, 11) is 0. The summed E-state index contributed by atoms with van der Waals surface area (Å²) >= 11 is 0. The molecule has 1 amide bonds. The van der Waals surface area contributed by atoms with E-state index in [1.54, 1.807) is 0 Å². The first-order valence-electron chi connectivity index (χ1n) is 28.7. The molecule has 0 aromatic rings. The van der Waals surface area contributed by atoms with Gasteiger partial charge in [0.25, 0.3) is 0 Å². The molecule has 1 fully saturated rings. The fourth-order valence-corrected chi connectivity index (χ4v) is 9.26. The Labute approximate surface area is 416 Å². The molecule has 0 bridgehead atoms. The van der Waals surface area contributed by atoms with E-state index in [1.165, 1.54) is 186 Å². The molecule has 0 aliphatic carbocycles. The van der Waals surface area contributed by atoms with E-state index >= 15 is 0 Å². The van der Waals surface area contributed by atoms with E-state index < -0.39 is 74.2 Å². The second-order valence-corrected chi connectivity index (χ2v) is 20.4. The number of aliphatic hydroxyl groups is 7. The molecule has 8 N–H and O–H groups in total. The highest BCUT2D eigenvalue weighted by Crippen LogP contribution is 2.23. The Morgan fingerprint density at radius 2 is 0.868 bits per heavy atom. The maximum Gasteiger partial charge on any atom is 0.249 e. The molecule has 0 aromatic heterocycles. The van der Waals surface area contributed by atoms with Gasteiger partial charge in [-0.2, -0.15) is 0 Å². The van der Waals surface area contributed by atoms with Crippen LogP contribution in [0.15, 0.2) is 24.3 Å². The van der Waals surface area contributed by atoms with Gasteiger partial charge in [0.2, 0.25) is 5.91 Å². The maximum absolute atomic E-state index is 13.2. The minimum atomic E-state index is -1.67. The van der Waals surface area contributed by atoms with Crippen molar-refractivity contribution in [3.05, 3.63) is 24.3 Å². The molecule has 1 rings (SSSR count). The molecule has 1 aliphatic heterocycles. The predicted octanol–water partition coefficient (Wildman–Crippen LogP) is 11.7. The lowest BCUT2D eigenvalue weighted by Crippen LogP contribution is -2.60. The number of unbranched alkanes of at least 4 members (excludes halogenated alkanes) is 33. The number of rotatable bonds is 49. The largest absolute Gasteiger partial charge is 0.394 e. The standard InChI is InChI=1S/C57H109NO10/c1-3-5-7-9-11-13-15-17-18-19-20-21-22-23-24-25-26-27-28-29-30-31-33-35-37-39-41-43-45-50(61)56(66)58-48(47-67-57-55(65)54(64)53(63)51(46-59)68-57)52(62)49(60)44-42-40-38-36-34-32-16-14-12-10-8-6-4-2/h23-24,36,38,48-55,57,59-65H,3-22,25-35,37,39-47H2,1-2H3,(H,58,66)/b24-23-,38-36+. The molecule has 402 valence electrons. The molecular weight excluding hydrogens is 859 g/mol. The zero-order valence-corrected chi connectivity index (χ0v) is 43.9. The number of nitrogens with one attached hydrogen (secondary N) is 1. The van der Waals surface area contributed by atoms with E-state index in [2.05, 4.69) is 43.5 Å². The highest BCUT2D eigenvalue weighted by atomic mass is 16.7. The van der Waals surface area contributed by atoms with Gasteiger partial charge in [-0.25, -0.2) is 0 Å². The third-order valence-electron chi connectivity index (χ3n) is 14.0. The van der Waals surface area contributed by atoms with E-state index in [9.17, 15) is 40.5 Å². The molecule has 11 nitrogen and oxygen atoms in total. The third kappa shape index (κ3) is 34.8. The third-order valence-corrected chi connectivity index (χ3v) is 14.0. The molecule has 0 saturated carbocycles. The van der Waals surface area contributed by atoms with Crippen molar-refractivity contribution in [2.45, 2.75) is 319 Å². The molecule has 9 atom stereocenters. The Balaban J connectivity index is 2.25. The van der Waals surface area contributed by atoms with Crippen molar-refractivity contribution in [2.24, 2.45) is 0 Å². The maximum atomic E-state index is 13.2. The second kappa shape index (κ2) is 46.6. The van der Waals surface area contributed by atoms with Crippen LogP contribution in [0.2, 0.25) is 0 Å². The Morgan fingerprint density at radius 1 is 0.500 bits per heavy atom. The Bertz CT molecular complexity index is 1160. The minimum absolute atomic E-state index is 0.255. The minimum Gasteiger partial charge on any atom is -0.394 e. The second-order valence-electron chi connectivity index (χ2n) is 20.4. The first-order chi connectivity index (χ1) is 33.2. The van der Waals surface area contributed by atoms with Gasteiger partial charge in [0.1, 0.15) is 36.6 Å². The first-order valence-corrected chi connectivity index (χ1v) is 28.7. The van der Waals surface area contributed by atoms with E-state index in [-0.39, 0.29) is 12.8 Å². The van der Waals surface area contributed by atoms with Crippen LogP contribution in [0.25, 0.3) is 0 Å². The molecule has 0 spiro atoms. The lowest BCUT2D eigenvalue weighted by Gasteiger charge is -2.40. The molecule has 9 unspecified atom stereocenters. The summed E-state index contributed by atoms with van der Waals surface area (Å²) in [4.78, 5) is 13.2. The molecule has 68 heavy (non-hydrogen) atoms. The fourth-order valence-electron chi connectivity index (χ4n) is 9.26. The smallest absolute Gasteiger partial charge is 0.249 e. The number of aliphatic hydroxyl groups excluding tert-OH is 7. The Morgan fingerprint density at radius 3 is 1.26 bits per heavy atom. The summed E-state index contributed by atoms with van der Waals surface area (Å²) in [6.07, 6.45) is 43.9. The van der Waals surface area contributed by atoms with Gasteiger partial charge < -0.3 is 50.5 Å². The zero-order valence-electron chi connectivity index (χ0n) is 43.9. The van der Waals surface area contributed by atoms with Crippen molar-refractivity contribution in [2.75, 3.05) is 13.2 Å². The molecule has 0 aromatic carbocycles. The van der Waals surface area contributed by atoms with E-state index in [0.29, 0.717) is 12.8 Å². The van der Waals surface area contributed by atoms with Gasteiger partial charge in [0, 0.05) is 0 Å². The number of hydrogen-bond acceptors (Lipinski definition) is 10. The average Bonchev–Trinajstić information content (AvgIpc) is 3.34. The normalized spacial score (nSPS) is 20.6. The van der Waals surface area contributed by atoms with Crippen molar-refractivity contribution in [3.63, 3.8) is 0 Å². The van der Waals surface area contributed by atoms with Gasteiger partial charge in [-0.05, 0) is 64.2 Å². The van der Waals surface area contributed by atoms with Gasteiger partial charge in [0.05, 0.1) is 25.4 Å². The molecule has 1 saturated heterocycles. The number of ether oxygens (including phenoxy) is 2. The van der Waals surface area contributed by atoms with Crippen molar-refractivity contribution in [3.8, 4) is 0 Å². The predicted molar refractivity (Wildman–Crippen MR) is 279 cm³/mol. The summed E-state index contributed by atoms with van der Waals surface area (Å²) in [5.74, 6) is -0.705. The van der Waals surface area contributed by atoms with Crippen LogP contribution in [0.5, 0.6) is 0 Å². The van der Waals surface area contributed by atoms with Crippen LogP contribution in [-0.4, -0.2) is 110 Å². The van der Waals surface area contributed by atoms with Crippen LogP contribution in [0.1, 0.15) is 264 Å². The summed E-state index contributed by atoms with van der Waals surface area (Å²) in [6, 6.07) is -1.18. The average molecular weight is 968 g/mol. The Hall–Kier alpha value is -1.41. The topological polar surface area (TPSA) is 189 Å². The van der Waals surface area contributed by atoms with Crippen LogP contribution >= 0.6 is 0 Å². The number of allylic oxidation sites excluding steroid dienone is 4. The van der Waals surface area contributed by atoms with Crippen molar-refractivity contribution >= 4 is 5.91 Å². The van der Waals surface area contributed by atoms with Gasteiger partial charge in [-0.3, -0.25) is 4.79 Å². The van der Waals surface area contributed by atoms with Gasteiger partial charge >= 0.3 is 0 Å². The van der Waals surface area contributed by atoms with Crippen molar-refractivity contribution in [1.29, 1.82) is 0 Å². The summed E-state index contributed by atoms with van der Waals surface area (Å²) in [5, 5.41) is 75.9. The van der Waals surface area contributed by atoms with Crippen LogP contribution in [-0.2, 0) is 14.3 Å². The number of carbonyl (C=O) groups is 1. The molecule has 1 heterocycles. The van der Waals surface area contributed by atoms with Crippen LogP contribution in [0, 0.1) is 0 Å². The zero-order chi connectivity index (χ0) is 49.7. The van der Waals surface area contributed by atoms with Gasteiger partial charge in [-0.15, -0.1) is 0 Å². The quantitative estimate of drug-likeness (QED) is 0.0215. The summed E-state index contributed by atoms with van der Waals surface area (Å²) in [5.41, 5.74) is 0. The SMILES string of the molecule is CCCCCCCCCC/C=C/CCCC(O)C(O)C(COC1OC(CO)C(O)C(O)C1O)NC(=O)C(O)CCCCCCCCCCCCCC/C=C\CCCCCCCCCCCCCC. The molecular formula is C57H109NO10. The van der Waals surface area contributed by atoms with Crippen LogP contribution in [0.4, 0.5) is 0 Å².